The first kappa shape index (κ1) is 13.9. The highest BCUT2D eigenvalue weighted by atomic mass is 127. The summed E-state index contributed by atoms with van der Waals surface area (Å²) in [5.74, 6) is -1.32. The van der Waals surface area contributed by atoms with Gasteiger partial charge in [0, 0.05) is 9.99 Å². The number of rotatable bonds is 5. The number of hydrogen-bond donors (Lipinski definition) is 3. The Morgan fingerprint density at radius 3 is 2.65 bits per heavy atom. The van der Waals surface area contributed by atoms with Gasteiger partial charge < -0.3 is 16.2 Å². The van der Waals surface area contributed by atoms with E-state index in [-0.39, 0.29) is 18.7 Å². The molecule has 0 radical (unpaired) electrons. The molecule has 0 aliphatic heterocycles. The molecule has 0 aliphatic carbocycles. The van der Waals surface area contributed by atoms with Gasteiger partial charge in [0.2, 0.25) is 5.91 Å². The largest absolute Gasteiger partial charge is 0.481 e. The fourth-order valence-corrected chi connectivity index (χ4v) is 1.72. The highest BCUT2D eigenvalue weighted by Gasteiger charge is 2.15. The molecular weight excluding hydrogens is 335 g/mol. The van der Waals surface area contributed by atoms with Crippen molar-refractivity contribution in [3.05, 3.63) is 27.8 Å². The molecule has 0 fully saturated rings. The second-order valence-corrected chi connectivity index (χ2v) is 4.67. The Bertz CT molecular complexity index is 423. The van der Waals surface area contributed by atoms with E-state index in [1.807, 2.05) is 12.1 Å². The van der Waals surface area contributed by atoms with E-state index in [4.69, 9.17) is 10.8 Å². The molecule has 0 aliphatic rings. The Labute approximate surface area is 113 Å². The zero-order chi connectivity index (χ0) is 12.8. The van der Waals surface area contributed by atoms with Crippen LogP contribution in [0.15, 0.2) is 24.3 Å². The normalized spacial score (nSPS) is 11.9. The van der Waals surface area contributed by atoms with Gasteiger partial charge in [0.25, 0.3) is 0 Å². The summed E-state index contributed by atoms with van der Waals surface area (Å²) in [6.45, 7) is 0. The van der Waals surface area contributed by atoms with Gasteiger partial charge in [-0.15, -0.1) is 0 Å². The number of amides is 1. The minimum atomic E-state index is -0.956. The topological polar surface area (TPSA) is 92.4 Å². The summed E-state index contributed by atoms with van der Waals surface area (Å²) >= 11 is 2.10. The molecule has 0 bridgehead atoms. The van der Waals surface area contributed by atoms with Crippen LogP contribution in [0, 0.1) is 3.57 Å². The molecule has 1 aromatic rings. The number of anilines is 1. The Morgan fingerprint density at radius 2 is 2.06 bits per heavy atom. The summed E-state index contributed by atoms with van der Waals surface area (Å²) in [7, 11) is 0. The molecule has 1 atom stereocenters. The highest BCUT2D eigenvalue weighted by Crippen LogP contribution is 2.17. The van der Waals surface area contributed by atoms with Gasteiger partial charge in [0.15, 0.2) is 0 Å². The van der Waals surface area contributed by atoms with E-state index in [9.17, 15) is 9.59 Å². The predicted octanol–water partition coefficient (Wildman–Crippen LogP) is 1.42. The first-order valence-electron chi connectivity index (χ1n) is 5.03. The van der Waals surface area contributed by atoms with Crippen LogP contribution in [0.4, 0.5) is 5.69 Å². The first-order valence-corrected chi connectivity index (χ1v) is 6.11. The maximum absolute atomic E-state index is 11.6. The smallest absolute Gasteiger partial charge is 0.303 e. The van der Waals surface area contributed by atoms with Crippen LogP contribution in [0.25, 0.3) is 0 Å². The van der Waals surface area contributed by atoms with E-state index in [2.05, 4.69) is 27.9 Å². The number of hydrogen-bond acceptors (Lipinski definition) is 3. The van der Waals surface area contributed by atoms with Crippen LogP contribution in [0.2, 0.25) is 0 Å². The zero-order valence-electron chi connectivity index (χ0n) is 9.02. The SMILES string of the molecule is NC(CCC(=O)O)C(=O)Nc1ccccc1I. The summed E-state index contributed by atoms with van der Waals surface area (Å²) in [4.78, 5) is 22.0. The lowest BCUT2D eigenvalue weighted by molar-refractivity contribution is -0.137. The van der Waals surface area contributed by atoms with E-state index in [1.165, 1.54) is 0 Å². The molecule has 1 unspecified atom stereocenters. The standard InChI is InChI=1S/C11H13IN2O3/c12-7-3-1-2-4-9(7)14-11(17)8(13)5-6-10(15)16/h1-4,8H,5-6,13H2,(H,14,17)(H,15,16). The summed E-state index contributed by atoms with van der Waals surface area (Å²) in [6, 6.07) is 6.49. The molecular formula is C11H13IN2O3. The van der Waals surface area contributed by atoms with Gasteiger partial charge in [0.05, 0.1) is 11.7 Å². The lowest BCUT2D eigenvalue weighted by Gasteiger charge is -2.12. The Balaban J connectivity index is 2.54. The van der Waals surface area contributed by atoms with E-state index < -0.39 is 12.0 Å². The predicted molar refractivity (Wildman–Crippen MR) is 72.6 cm³/mol. The van der Waals surface area contributed by atoms with Crippen LogP contribution in [-0.4, -0.2) is 23.0 Å². The molecule has 17 heavy (non-hydrogen) atoms. The molecule has 1 rings (SSSR count). The molecule has 0 heterocycles. The van der Waals surface area contributed by atoms with Crippen LogP contribution in [0.1, 0.15) is 12.8 Å². The summed E-state index contributed by atoms with van der Waals surface area (Å²) in [6.07, 6.45) is 0.0189. The summed E-state index contributed by atoms with van der Waals surface area (Å²) in [5, 5.41) is 11.2. The fourth-order valence-electron chi connectivity index (χ4n) is 1.20. The minimum Gasteiger partial charge on any atom is -0.481 e. The zero-order valence-corrected chi connectivity index (χ0v) is 11.2. The molecule has 92 valence electrons. The van der Waals surface area contributed by atoms with Crippen molar-refractivity contribution in [1.29, 1.82) is 0 Å². The number of carbonyl (C=O) groups is 2. The van der Waals surface area contributed by atoms with Crippen LogP contribution in [-0.2, 0) is 9.59 Å². The van der Waals surface area contributed by atoms with Gasteiger partial charge in [-0.3, -0.25) is 9.59 Å². The monoisotopic (exact) mass is 348 g/mol. The van der Waals surface area contributed by atoms with Crippen LogP contribution in [0.3, 0.4) is 0 Å². The van der Waals surface area contributed by atoms with Gasteiger partial charge >= 0.3 is 5.97 Å². The molecule has 4 N–H and O–H groups in total. The second-order valence-electron chi connectivity index (χ2n) is 3.51. The maximum atomic E-state index is 11.6. The number of nitrogens with one attached hydrogen (secondary N) is 1. The van der Waals surface area contributed by atoms with Gasteiger partial charge in [-0.05, 0) is 41.1 Å². The Hall–Kier alpha value is -1.15. The van der Waals surface area contributed by atoms with Crippen molar-refractivity contribution in [2.45, 2.75) is 18.9 Å². The molecule has 1 aromatic carbocycles. The number of carboxylic acid groups (broad SMARTS) is 1. The molecule has 0 spiro atoms. The lowest BCUT2D eigenvalue weighted by Crippen LogP contribution is -2.36. The molecule has 0 aromatic heterocycles. The number of aliphatic carboxylic acids is 1. The summed E-state index contributed by atoms with van der Waals surface area (Å²) < 4.78 is 0.906. The average Bonchev–Trinajstić information content (AvgIpc) is 2.28. The quantitative estimate of drug-likeness (QED) is 0.702. The number of halogens is 1. The van der Waals surface area contributed by atoms with Gasteiger partial charge in [-0.2, -0.15) is 0 Å². The maximum Gasteiger partial charge on any atom is 0.303 e. The van der Waals surface area contributed by atoms with E-state index in [0.717, 1.165) is 3.57 Å². The van der Waals surface area contributed by atoms with Crippen molar-refractivity contribution in [1.82, 2.24) is 0 Å². The number of para-hydroxylation sites is 1. The average molecular weight is 348 g/mol. The Kier molecular flexibility index (Phi) is 5.36. The molecule has 0 saturated heterocycles. The Morgan fingerprint density at radius 1 is 1.41 bits per heavy atom. The van der Waals surface area contributed by atoms with Crippen LogP contribution < -0.4 is 11.1 Å². The van der Waals surface area contributed by atoms with Crippen molar-refractivity contribution in [3.8, 4) is 0 Å². The van der Waals surface area contributed by atoms with E-state index >= 15 is 0 Å². The number of benzene rings is 1. The molecule has 5 nitrogen and oxygen atoms in total. The van der Waals surface area contributed by atoms with Crippen LogP contribution >= 0.6 is 22.6 Å². The van der Waals surface area contributed by atoms with Crippen molar-refractivity contribution in [3.63, 3.8) is 0 Å². The lowest BCUT2D eigenvalue weighted by atomic mass is 10.1. The minimum absolute atomic E-state index is 0.111. The second kappa shape index (κ2) is 6.55. The number of carbonyl (C=O) groups excluding carboxylic acids is 1. The third kappa shape index (κ3) is 4.70. The molecule has 1 amide bonds. The fraction of sp³-hybridized carbons (Fsp3) is 0.273. The van der Waals surface area contributed by atoms with Gasteiger partial charge in [-0.1, -0.05) is 12.1 Å². The van der Waals surface area contributed by atoms with Crippen molar-refractivity contribution in [2.75, 3.05) is 5.32 Å². The van der Waals surface area contributed by atoms with Crippen molar-refractivity contribution >= 4 is 40.2 Å². The van der Waals surface area contributed by atoms with E-state index in [0.29, 0.717) is 5.69 Å². The van der Waals surface area contributed by atoms with Crippen molar-refractivity contribution < 1.29 is 14.7 Å². The number of nitrogens with two attached hydrogens (primary N) is 1. The third-order valence-corrected chi connectivity index (χ3v) is 3.08. The third-order valence-electron chi connectivity index (χ3n) is 2.14. The highest BCUT2D eigenvalue weighted by molar-refractivity contribution is 14.1. The van der Waals surface area contributed by atoms with Crippen molar-refractivity contribution in [2.24, 2.45) is 5.73 Å². The number of carboxylic acids is 1. The van der Waals surface area contributed by atoms with Gasteiger partial charge in [-0.25, -0.2) is 0 Å². The summed E-state index contributed by atoms with van der Waals surface area (Å²) in [5.41, 5.74) is 6.27. The molecule has 0 saturated carbocycles. The van der Waals surface area contributed by atoms with E-state index in [1.54, 1.807) is 12.1 Å². The first-order chi connectivity index (χ1) is 8.00. The van der Waals surface area contributed by atoms with Gasteiger partial charge in [0.1, 0.15) is 0 Å². The van der Waals surface area contributed by atoms with Crippen LogP contribution in [0.5, 0.6) is 0 Å². The molecule has 6 heteroatoms.